The zero-order valence-corrected chi connectivity index (χ0v) is 14.7. The molecule has 0 saturated carbocycles. The van der Waals surface area contributed by atoms with Gasteiger partial charge in [0.15, 0.2) is 0 Å². The second-order valence-corrected chi connectivity index (χ2v) is 6.46. The van der Waals surface area contributed by atoms with E-state index in [1.165, 1.54) is 6.07 Å². The van der Waals surface area contributed by atoms with Crippen LogP contribution in [-0.4, -0.2) is 7.11 Å². The number of ether oxygens (including phenoxy) is 1. The number of rotatable bonds is 3. The fourth-order valence-electron chi connectivity index (χ4n) is 2.37. The first-order valence-corrected chi connectivity index (χ1v) is 7.89. The standard InChI is InChI=1S/C16H15Br2FO/c1-9-7-11(8-10(2)16(9)20-3)15(18)14-12(17)5-4-6-13(14)19/h4-8,15H,1-3H3. The molecule has 1 unspecified atom stereocenters. The SMILES string of the molecule is COc1c(C)cc(C(Br)c2c(F)cccc2Br)cc1C. The molecule has 0 fully saturated rings. The van der Waals surface area contributed by atoms with Gasteiger partial charge in [-0.2, -0.15) is 0 Å². The molecule has 0 bridgehead atoms. The third-order valence-corrected chi connectivity index (χ3v) is 4.91. The lowest BCUT2D eigenvalue weighted by Crippen LogP contribution is -2.00. The molecule has 0 spiro atoms. The number of methoxy groups -OCH3 is 1. The lowest BCUT2D eigenvalue weighted by molar-refractivity contribution is 0.408. The first-order valence-electron chi connectivity index (χ1n) is 6.18. The van der Waals surface area contributed by atoms with Gasteiger partial charge >= 0.3 is 0 Å². The Morgan fingerprint density at radius 2 is 1.75 bits per heavy atom. The Kier molecular flexibility index (Phi) is 4.86. The fraction of sp³-hybridized carbons (Fsp3) is 0.250. The topological polar surface area (TPSA) is 9.23 Å². The molecule has 0 aliphatic heterocycles. The van der Waals surface area contributed by atoms with Gasteiger partial charge in [-0.25, -0.2) is 4.39 Å². The number of alkyl halides is 1. The van der Waals surface area contributed by atoms with Crippen LogP contribution in [0.1, 0.15) is 27.1 Å². The van der Waals surface area contributed by atoms with E-state index in [-0.39, 0.29) is 10.6 Å². The van der Waals surface area contributed by atoms with E-state index in [0.717, 1.165) is 26.9 Å². The predicted octanol–water partition coefficient (Wildman–Crippen LogP) is 5.70. The second kappa shape index (κ2) is 6.27. The van der Waals surface area contributed by atoms with Gasteiger partial charge in [-0.15, -0.1) is 0 Å². The zero-order chi connectivity index (χ0) is 14.9. The van der Waals surface area contributed by atoms with Crippen LogP contribution in [0.5, 0.6) is 5.75 Å². The fourth-order valence-corrected chi connectivity index (χ4v) is 3.98. The summed E-state index contributed by atoms with van der Waals surface area (Å²) < 4.78 is 20.2. The average molecular weight is 402 g/mol. The van der Waals surface area contributed by atoms with Crippen molar-refractivity contribution in [1.82, 2.24) is 0 Å². The van der Waals surface area contributed by atoms with Crippen LogP contribution in [0.2, 0.25) is 0 Å². The summed E-state index contributed by atoms with van der Waals surface area (Å²) in [4.78, 5) is -0.207. The maximum Gasteiger partial charge on any atom is 0.129 e. The predicted molar refractivity (Wildman–Crippen MR) is 87.3 cm³/mol. The van der Waals surface area contributed by atoms with E-state index in [4.69, 9.17) is 4.74 Å². The van der Waals surface area contributed by atoms with Crippen molar-refractivity contribution < 1.29 is 9.13 Å². The molecular weight excluding hydrogens is 387 g/mol. The summed E-state index contributed by atoms with van der Waals surface area (Å²) >= 11 is 7.02. The van der Waals surface area contributed by atoms with Gasteiger partial charge in [0.1, 0.15) is 11.6 Å². The van der Waals surface area contributed by atoms with Gasteiger partial charge in [0.25, 0.3) is 0 Å². The van der Waals surface area contributed by atoms with Gasteiger partial charge in [0, 0.05) is 10.0 Å². The molecule has 0 aliphatic rings. The van der Waals surface area contributed by atoms with Crippen molar-refractivity contribution in [2.24, 2.45) is 0 Å². The maximum absolute atomic E-state index is 14.0. The van der Waals surface area contributed by atoms with Crippen molar-refractivity contribution in [1.29, 1.82) is 0 Å². The molecule has 0 saturated heterocycles. The summed E-state index contributed by atoms with van der Waals surface area (Å²) in [6.07, 6.45) is 0. The lowest BCUT2D eigenvalue weighted by atomic mass is 9.99. The van der Waals surface area contributed by atoms with Gasteiger partial charge < -0.3 is 4.74 Å². The van der Waals surface area contributed by atoms with Gasteiger partial charge in [0.05, 0.1) is 11.9 Å². The van der Waals surface area contributed by atoms with Gasteiger partial charge in [-0.3, -0.25) is 0 Å². The Hall–Kier alpha value is -0.870. The lowest BCUT2D eigenvalue weighted by Gasteiger charge is -2.17. The Morgan fingerprint density at radius 3 is 2.25 bits per heavy atom. The van der Waals surface area contributed by atoms with Crippen molar-refractivity contribution in [2.75, 3.05) is 7.11 Å². The summed E-state index contributed by atoms with van der Waals surface area (Å²) in [5.74, 6) is 0.647. The summed E-state index contributed by atoms with van der Waals surface area (Å²) in [5, 5.41) is 0. The van der Waals surface area contributed by atoms with E-state index in [1.807, 2.05) is 32.0 Å². The number of benzene rings is 2. The van der Waals surface area contributed by atoms with Crippen LogP contribution in [-0.2, 0) is 0 Å². The van der Waals surface area contributed by atoms with Crippen LogP contribution >= 0.6 is 31.9 Å². The largest absolute Gasteiger partial charge is 0.496 e. The Bertz CT molecular complexity index is 597. The molecule has 2 aromatic rings. The highest BCUT2D eigenvalue weighted by molar-refractivity contribution is 9.11. The Balaban J connectivity index is 2.52. The van der Waals surface area contributed by atoms with E-state index < -0.39 is 0 Å². The molecule has 2 aromatic carbocycles. The van der Waals surface area contributed by atoms with E-state index in [9.17, 15) is 4.39 Å². The van der Waals surface area contributed by atoms with Crippen LogP contribution in [0.4, 0.5) is 4.39 Å². The summed E-state index contributed by atoms with van der Waals surface area (Å²) in [6.45, 7) is 3.98. The highest BCUT2D eigenvalue weighted by Gasteiger charge is 2.19. The van der Waals surface area contributed by atoms with Crippen LogP contribution in [0.25, 0.3) is 0 Å². The molecule has 106 valence electrons. The van der Waals surface area contributed by atoms with Crippen LogP contribution in [0.3, 0.4) is 0 Å². The van der Waals surface area contributed by atoms with Gasteiger partial charge in [-0.1, -0.05) is 50.1 Å². The van der Waals surface area contributed by atoms with Crippen molar-refractivity contribution >= 4 is 31.9 Å². The van der Waals surface area contributed by atoms with Crippen LogP contribution < -0.4 is 4.74 Å². The van der Waals surface area contributed by atoms with Crippen molar-refractivity contribution in [2.45, 2.75) is 18.7 Å². The molecule has 4 heteroatoms. The summed E-state index contributed by atoms with van der Waals surface area (Å²) in [5.41, 5.74) is 3.70. The van der Waals surface area contributed by atoms with E-state index in [1.54, 1.807) is 13.2 Å². The zero-order valence-electron chi connectivity index (χ0n) is 11.5. The van der Waals surface area contributed by atoms with Crippen LogP contribution in [0.15, 0.2) is 34.8 Å². The number of aryl methyl sites for hydroxylation is 2. The van der Waals surface area contributed by atoms with Crippen molar-refractivity contribution in [3.8, 4) is 5.75 Å². The normalized spacial score (nSPS) is 12.3. The molecule has 0 heterocycles. The van der Waals surface area contributed by atoms with E-state index >= 15 is 0 Å². The minimum absolute atomic E-state index is 0.207. The molecule has 0 aliphatic carbocycles. The monoisotopic (exact) mass is 400 g/mol. The molecule has 0 radical (unpaired) electrons. The first-order chi connectivity index (χ1) is 9.45. The third kappa shape index (κ3) is 2.91. The van der Waals surface area contributed by atoms with Crippen LogP contribution in [0, 0.1) is 19.7 Å². The summed E-state index contributed by atoms with van der Waals surface area (Å²) in [7, 11) is 1.66. The average Bonchev–Trinajstić information content (AvgIpc) is 2.37. The van der Waals surface area contributed by atoms with Gasteiger partial charge in [-0.05, 0) is 42.7 Å². The second-order valence-electron chi connectivity index (χ2n) is 4.69. The third-order valence-electron chi connectivity index (χ3n) is 3.23. The number of hydrogen-bond acceptors (Lipinski definition) is 1. The maximum atomic E-state index is 14.0. The molecule has 0 amide bonds. The molecule has 2 rings (SSSR count). The van der Waals surface area contributed by atoms with Crippen molar-refractivity contribution in [3.63, 3.8) is 0 Å². The van der Waals surface area contributed by atoms with E-state index in [0.29, 0.717) is 5.56 Å². The smallest absolute Gasteiger partial charge is 0.129 e. The van der Waals surface area contributed by atoms with Crippen molar-refractivity contribution in [3.05, 3.63) is 62.9 Å². The molecular formula is C16H15Br2FO. The number of hydrogen-bond donors (Lipinski definition) is 0. The highest BCUT2D eigenvalue weighted by Crippen LogP contribution is 2.39. The van der Waals surface area contributed by atoms with Gasteiger partial charge in [0.2, 0.25) is 0 Å². The molecule has 0 aromatic heterocycles. The minimum Gasteiger partial charge on any atom is -0.496 e. The Labute approximate surface area is 135 Å². The minimum atomic E-state index is -0.229. The molecule has 0 N–H and O–H groups in total. The Morgan fingerprint density at radius 1 is 1.15 bits per heavy atom. The molecule has 1 atom stereocenters. The quantitative estimate of drug-likeness (QED) is 0.599. The molecule has 20 heavy (non-hydrogen) atoms. The number of halogens is 3. The highest BCUT2D eigenvalue weighted by atomic mass is 79.9. The van der Waals surface area contributed by atoms with E-state index in [2.05, 4.69) is 31.9 Å². The summed E-state index contributed by atoms with van der Waals surface area (Å²) in [6, 6.07) is 9.04. The first kappa shape index (κ1) is 15.5. The molecule has 1 nitrogen and oxygen atoms in total.